The van der Waals surface area contributed by atoms with Crippen molar-refractivity contribution in [3.8, 4) is 10.6 Å². The number of hydrogen-bond donors (Lipinski definition) is 1. The summed E-state index contributed by atoms with van der Waals surface area (Å²) in [6, 6.07) is 15.4. The summed E-state index contributed by atoms with van der Waals surface area (Å²) in [6.07, 6.45) is 0. The highest BCUT2D eigenvalue weighted by molar-refractivity contribution is 7.15. The highest BCUT2D eigenvalue weighted by atomic mass is 32.1. The zero-order valence-electron chi connectivity index (χ0n) is 12.7. The second-order valence-electron chi connectivity index (χ2n) is 5.59. The van der Waals surface area contributed by atoms with Crippen molar-refractivity contribution in [3.63, 3.8) is 0 Å². The molecule has 0 aliphatic heterocycles. The summed E-state index contributed by atoms with van der Waals surface area (Å²) >= 11 is 1.80. The first-order valence-electron chi connectivity index (χ1n) is 7.33. The van der Waals surface area contributed by atoms with Gasteiger partial charge in [-0.1, -0.05) is 56.3 Å². The summed E-state index contributed by atoms with van der Waals surface area (Å²) in [6.45, 7) is 7.33. The lowest BCUT2D eigenvalue weighted by molar-refractivity contribution is 0.591. The quantitative estimate of drug-likeness (QED) is 0.750. The van der Waals surface area contributed by atoms with E-state index < -0.39 is 0 Å². The molecule has 3 aromatic rings. The Labute approximate surface area is 129 Å². The van der Waals surface area contributed by atoms with Gasteiger partial charge in [0.15, 0.2) is 0 Å². The van der Waals surface area contributed by atoms with E-state index in [1.807, 2.05) is 0 Å². The van der Waals surface area contributed by atoms with Gasteiger partial charge in [-0.2, -0.15) is 0 Å². The van der Waals surface area contributed by atoms with Crippen molar-refractivity contribution in [1.82, 2.24) is 10.3 Å². The van der Waals surface area contributed by atoms with Crippen molar-refractivity contribution >= 4 is 22.1 Å². The van der Waals surface area contributed by atoms with Gasteiger partial charge in [0.25, 0.3) is 0 Å². The zero-order valence-corrected chi connectivity index (χ0v) is 13.5. The van der Waals surface area contributed by atoms with Crippen molar-refractivity contribution in [2.45, 2.75) is 33.4 Å². The Morgan fingerprint density at radius 2 is 1.86 bits per heavy atom. The van der Waals surface area contributed by atoms with Crippen LogP contribution in [-0.2, 0) is 6.54 Å². The molecule has 21 heavy (non-hydrogen) atoms. The molecule has 0 amide bonds. The molecule has 0 fully saturated rings. The van der Waals surface area contributed by atoms with E-state index in [1.54, 1.807) is 11.3 Å². The first-order chi connectivity index (χ1) is 10.1. The molecule has 1 aromatic heterocycles. The smallest absolute Gasteiger partial charge is 0.124 e. The van der Waals surface area contributed by atoms with Crippen molar-refractivity contribution in [2.75, 3.05) is 0 Å². The number of nitrogens with one attached hydrogen (secondary N) is 1. The number of aromatic nitrogens is 1. The van der Waals surface area contributed by atoms with Crippen LogP contribution >= 0.6 is 11.3 Å². The summed E-state index contributed by atoms with van der Waals surface area (Å²) in [5, 5.41) is 7.13. The number of nitrogens with zero attached hydrogens (tertiary/aromatic N) is 1. The van der Waals surface area contributed by atoms with Gasteiger partial charge in [0, 0.05) is 23.0 Å². The van der Waals surface area contributed by atoms with E-state index in [0.29, 0.717) is 6.04 Å². The molecule has 2 aromatic carbocycles. The number of hydrogen-bond acceptors (Lipinski definition) is 3. The first-order valence-corrected chi connectivity index (χ1v) is 8.14. The van der Waals surface area contributed by atoms with Crippen molar-refractivity contribution < 1.29 is 0 Å². The number of aryl methyl sites for hydroxylation is 1. The fourth-order valence-electron chi connectivity index (χ4n) is 2.42. The van der Waals surface area contributed by atoms with Gasteiger partial charge in [-0.25, -0.2) is 4.98 Å². The van der Waals surface area contributed by atoms with Gasteiger partial charge in [-0.15, -0.1) is 11.3 Å². The van der Waals surface area contributed by atoms with E-state index in [9.17, 15) is 0 Å². The Bertz CT molecular complexity index is 754. The average molecular weight is 296 g/mol. The molecule has 3 rings (SSSR count). The molecule has 0 saturated heterocycles. The fraction of sp³-hybridized carbons (Fsp3) is 0.278. The molecule has 3 heteroatoms. The van der Waals surface area contributed by atoms with Crippen LogP contribution in [0.15, 0.2) is 42.5 Å². The number of rotatable bonds is 4. The Kier molecular flexibility index (Phi) is 4.04. The molecule has 0 spiro atoms. The third kappa shape index (κ3) is 2.99. The number of thiazole rings is 1. The van der Waals surface area contributed by atoms with Crippen molar-refractivity contribution in [2.24, 2.45) is 0 Å². The Hall–Kier alpha value is -1.71. The van der Waals surface area contributed by atoms with Crippen LogP contribution in [0.1, 0.15) is 24.4 Å². The molecule has 0 atom stereocenters. The minimum Gasteiger partial charge on any atom is -0.310 e. The molecular formula is C18H20N2S. The summed E-state index contributed by atoms with van der Waals surface area (Å²) in [5.41, 5.74) is 2.37. The molecule has 1 N–H and O–H groups in total. The summed E-state index contributed by atoms with van der Waals surface area (Å²) in [4.78, 5) is 6.11. The van der Waals surface area contributed by atoms with Gasteiger partial charge in [0.05, 0.1) is 5.69 Å². The third-order valence-corrected chi connectivity index (χ3v) is 4.77. The lowest BCUT2D eigenvalue weighted by Crippen LogP contribution is -2.21. The maximum Gasteiger partial charge on any atom is 0.124 e. The van der Waals surface area contributed by atoms with Crippen LogP contribution in [0.3, 0.4) is 0 Å². The Morgan fingerprint density at radius 1 is 1.10 bits per heavy atom. The van der Waals surface area contributed by atoms with E-state index in [4.69, 9.17) is 4.98 Å². The standard InChI is InChI=1S/C18H20N2S/c1-12(2)19-11-17-13(3)20-18(21-17)16-10-6-8-14-7-4-5-9-15(14)16/h4-10,12,19H,11H2,1-3H3. The minimum atomic E-state index is 0.493. The van der Waals surface area contributed by atoms with Gasteiger partial charge >= 0.3 is 0 Å². The van der Waals surface area contributed by atoms with Crippen molar-refractivity contribution in [1.29, 1.82) is 0 Å². The zero-order chi connectivity index (χ0) is 14.8. The number of fused-ring (bicyclic) bond motifs is 1. The molecule has 1 heterocycles. The Morgan fingerprint density at radius 3 is 2.67 bits per heavy atom. The van der Waals surface area contributed by atoms with Crippen LogP contribution in [-0.4, -0.2) is 11.0 Å². The molecule has 0 radical (unpaired) electrons. The first kappa shape index (κ1) is 14.2. The molecule has 0 saturated carbocycles. The van der Waals surface area contributed by atoms with Crippen LogP contribution in [0, 0.1) is 6.92 Å². The van der Waals surface area contributed by atoms with Crippen molar-refractivity contribution in [3.05, 3.63) is 53.0 Å². The summed E-state index contributed by atoms with van der Waals surface area (Å²) < 4.78 is 0. The monoisotopic (exact) mass is 296 g/mol. The van der Waals surface area contributed by atoms with E-state index in [0.717, 1.165) is 17.2 Å². The highest BCUT2D eigenvalue weighted by Crippen LogP contribution is 2.33. The molecular weight excluding hydrogens is 276 g/mol. The average Bonchev–Trinajstić information content (AvgIpc) is 2.85. The minimum absolute atomic E-state index is 0.493. The van der Waals surface area contributed by atoms with Gasteiger partial charge in [0.2, 0.25) is 0 Å². The maximum atomic E-state index is 4.79. The van der Waals surface area contributed by atoms with E-state index in [-0.39, 0.29) is 0 Å². The Balaban J connectivity index is 2.01. The van der Waals surface area contributed by atoms with E-state index in [2.05, 4.69) is 68.6 Å². The molecule has 0 bridgehead atoms. The normalized spacial score (nSPS) is 11.4. The SMILES string of the molecule is Cc1nc(-c2cccc3ccccc23)sc1CNC(C)C. The third-order valence-electron chi connectivity index (χ3n) is 3.58. The molecule has 108 valence electrons. The lowest BCUT2D eigenvalue weighted by atomic mass is 10.1. The molecule has 2 nitrogen and oxygen atoms in total. The van der Waals surface area contributed by atoms with Gasteiger partial charge in [-0.05, 0) is 17.7 Å². The molecule has 0 aliphatic carbocycles. The summed E-state index contributed by atoms with van der Waals surface area (Å²) in [7, 11) is 0. The van der Waals surface area contributed by atoms with E-state index in [1.165, 1.54) is 21.2 Å². The molecule has 0 aliphatic rings. The number of benzene rings is 2. The second-order valence-corrected chi connectivity index (χ2v) is 6.67. The van der Waals surface area contributed by atoms with E-state index >= 15 is 0 Å². The van der Waals surface area contributed by atoms with Gasteiger partial charge in [-0.3, -0.25) is 0 Å². The lowest BCUT2D eigenvalue weighted by Gasteiger charge is -2.06. The van der Waals surface area contributed by atoms with Crippen LogP contribution in [0.4, 0.5) is 0 Å². The van der Waals surface area contributed by atoms with Crippen LogP contribution in [0.5, 0.6) is 0 Å². The van der Waals surface area contributed by atoms with Crippen LogP contribution in [0.25, 0.3) is 21.3 Å². The van der Waals surface area contributed by atoms with Gasteiger partial charge in [0.1, 0.15) is 5.01 Å². The maximum absolute atomic E-state index is 4.79. The predicted octanol–water partition coefficient (Wildman–Crippen LogP) is 4.77. The summed E-state index contributed by atoms with van der Waals surface area (Å²) in [5.74, 6) is 0. The topological polar surface area (TPSA) is 24.9 Å². The molecule has 0 unspecified atom stereocenters. The highest BCUT2D eigenvalue weighted by Gasteiger charge is 2.11. The fourth-order valence-corrected chi connectivity index (χ4v) is 3.47. The van der Waals surface area contributed by atoms with Crippen LogP contribution in [0.2, 0.25) is 0 Å². The predicted molar refractivity (Wildman–Crippen MR) is 91.8 cm³/mol. The van der Waals surface area contributed by atoms with Gasteiger partial charge < -0.3 is 5.32 Å². The van der Waals surface area contributed by atoms with Crippen LogP contribution < -0.4 is 5.32 Å². The largest absolute Gasteiger partial charge is 0.310 e. The second kappa shape index (κ2) is 5.96.